The van der Waals surface area contributed by atoms with E-state index >= 15 is 0 Å². The Bertz CT molecular complexity index is 1760. The third-order valence-corrected chi connectivity index (χ3v) is 8.95. The highest BCUT2D eigenvalue weighted by Gasteiger charge is 2.29. The van der Waals surface area contributed by atoms with Crippen molar-refractivity contribution in [2.24, 2.45) is 4.99 Å². The van der Waals surface area contributed by atoms with Crippen LogP contribution in [0.4, 0.5) is 11.4 Å². The number of nitro groups is 1. The molecule has 5 rings (SSSR count). The number of aromatic nitrogens is 1. The van der Waals surface area contributed by atoms with Gasteiger partial charge in [0.2, 0.25) is 0 Å². The Balaban J connectivity index is 1.47. The summed E-state index contributed by atoms with van der Waals surface area (Å²) in [5.74, 6) is 1.92. The summed E-state index contributed by atoms with van der Waals surface area (Å²) in [4.78, 5) is 28.2. The van der Waals surface area contributed by atoms with Crippen molar-refractivity contribution in [1.82, 2.24) is 4.57 Å². The molecule has 0 fully saturated rings. The molecular weight excluding hydrogens is 512 g/mol. The van der Waals surface area contributed by atoms with Crippen molar-refractivity contribution in [3.05, 3.63) is 92.8 Å². The Morgan fingerprint density at radius 2 is 1.89 bits per heavy atom. The normalized spacial score (nSPS) is 13.8. The predicted octanol–water partition coefficient (Wildman–Crippen LogP) is 4.13. The molecule has 1 aliphatic heterocycles. The number of nitrogens with zero attached hydrogens (tertiary/aromatic N) is 4. The summed E-state index contributed by atoms with van der Waals surface area (Å²) in [5.41, 5.74) is 2.41. The number of hydrogen-bond acceptors (Lipinski definition) is 6. The Kier molecular flexibility index (Phi) is 6.37. The van der Waals surface area contributed by atoms with Crippen LogP contribution in [0, 0.1) is 22.5 Å². The van der Waals surface area contributed by atoms with E-state index in [1.165, 1.54) is 40.7 Å². The molecule has 0 atom stereocenters. The Morgan fingerprint density at radius 1 is 1.14 bits per heavy atom. The minimum Gasteiger partial charge on any atom is -0.305 e. The molecule has 1 aromatic heterocycles. The van der Waals surface area contributed by atoms with E-state index in [-0.39, 0.29) is 22.7 Å². The van der Waals surface area contributed by atoms with Gasteiger partial charge in [-0.1, -0.05) is 35.5 Å². The second-order valence-electron chi connectivity index (χ2n) is 8.33. The van der Waals surface area contributed by atoms with Gasteiger partial charge in [-0.25, -0.2) is 8.42 Å². The van der Waals surface area contributed by atoms with Gasteiger partial charge in [-0.05, 0) is 54.8 Å². The third-order valence-electron chi connectivity index (χ3n) is 6.08. The number of sulfonamides is 1. The second-order valence-corrected chi connectivity index (χ2v) is 11.2. The van der Waals surface area contributed by atoms with Crippen LogP contribution in [-0.4, -0.2) is 30.4 Å². The first-order valence-corrected chi connectivity index (χ1v) is 13.6. The van der Waals surface area contributed by atoms with E-state index in [1.54, 1.807) is 16.7 Å². The fourth-order valence-electron chi connectivity index (χ4n) is 4.30. The molecule has 11 heteroatoms. The van der Waals surface area contributed by atoms with E-state index in [2.05, 4.69) is 10.9 Å². The number of anilines is 1. The molecule has 0 saturated carbocycles. The molecule has 186 valence electrons. The van der Waals surface area contributed by atoms with E-state index < -0.39 is 20.9 Å². The maximum atomic E-state index is 13.4. The average molecular weight is 533 g/mol. The quantitative estimate of drug-likeness (QED) is 0.218. The van der Waals surface area contributed by atoms with Gasteiger partial charge in [0, 0.05) is 24.2 Å². The maximum Gasteiger partial charge on any atom is 0.279 e. The summed E-state index contributed by atoms with van der Waals surface area (Å²) in [6.45, 7) is 0.507. The van der Waals surface area contributed by atoms with Gasteiger partial charge in [0.1, 0.15) is 0 Å². The molecule has 0 N–H and O–H groups in total. The molecule has 3 aromatic carbocycles. The minimum absolute atomic E-state index is 0.0763. The van der Waals surface area contributed by atoms with E-state index in [0.29, 0.717) is 27.3 Å². The molecule has 0 radical (unpaired) electrons. The molecule has 0 unspecified atom stereocenters. The van der Waals surface area contributed by atoms with Crippen molar-refractivity contribution in [1.29, 1.82) is 0 Å². The molecule has 2 heterocycles. The number of amides is 1. The number of non-ortho nitro benzene ring substituents is 1. The first-order chi connectivity index (χ1) is 17.8. The van der Waals surface area contributed by atoms with Crippen LogP contribution >= 0.6 is 11.3 Å². The molecule has 0 saturated heterocycles. The monoisotopic (exact) mass is 532 g/mol. The van der Waals surface area contributed by atoms with Gasteiger partial charge in [-0.2, -0.15) is 4.99 Å². The summed E-state index contributed by atoms with van der Waals surface area (Å²) in [6.07, 6.45) is 7.03. The van der Waals surface area contributed by atoms with Gasteiger partial charge in [0.15, 0.2) is 4.80 Å². The van der Waals surface area contributed by atoms with Crippen LogP contribution in [0.25, 0.3) is 10.2 Å². The van der Waals surface area contributed by atoms with Gasteiger partial charge in [-0.15, -0.1) is 6.42 Å². The fraction of sp³-hybridized carbons (Fsp3) is 0.154. The second kappa shape index (κ2) is 9.65. The Hall–Kier alpha value is -4.27. The number of terminal acetylenes is 1. The van der Waals surface area contributed by atoms with Crippen molar-refractivity contribution < 1.29 is 18.1 Å². The summed E-state index contributed by atoms with van der Waals surface area (Å²) >= 11 is 1.11. The number of fused-ring (bicyclic) bond motifs is 2. The molecule has 1 amide bonds. The van der Waals surface area contributed by atoms with Crippen LogP contribution in [-0.2, 0) is 23.0 Å². The van der Waals surface area contributed by atoms with Gasteiger partial charge in [0.05, 0.1) is 32.3 Å². The smallest absolute Gasteiger partial charge is 0.279 e. The zero-order chi connectivity index (χ0) is 26.2. The highest BCUT2D eigenvalue weighted by Crippen LogP contribution is 2.32. The number of aryl methyl sites for hydroxylation is 1. The Labute approximate surface area is 216 Å². The summed E-state index contributed by atoms with van der Waals surface area (Å²) in [7, 11) is -3.81. The SMILES string of the molecule is C#CCn1c(=NC(=O)c2ccc(S(=O)(=O)N3CCCc4ccccc43)cc2)sc2cc([N+](=O)[O-])ccc21. The number of thiazole rings is 1. The van der Waals surface area contributed by atoms with E-state index in [4.69, 9.17) is 6.42 Å². The van der Waals surface area contributed by atoms with Crippen LogP contribution < -0.4 is 9.11 Å². The lowest BCUT2D eigenvalue weighted by molar-refractivity contribution is -0.384. The van der Waals surface area contributed by atoms with Crippen LogP contribution in [0.2, 0.25) is 0 Å². The predicted molar refractivity (Wildman–Crippen MR) is 141 cm³/mol. The molecule has 0 aliphatic carbocycles. The molecule has 1 aliphatic rings. The van der Waals surface area contributed by atoms with Crippen molar-refractivity contribution in [3.63, 3.8) is 0 Å². The topological polar surface area (TPSA) is 115 Å². The first kappa shape index (κ1) is 24.4. The lowest BCUT2D eigenvalue weighted by atomic mass is 10.0. The summed E-state index contributed by atoms with van der Waals surface area (Å²) in [5, 5.41) is 11.1. The van der Waals surface area contributed by atoms with E-state index in [1.807, 2.05) is 18.2 Å². The average Bonchev–Trinajstić information content (AvgIpc) is 3.24. The number of para-hydroxylation sites is 1. The standard InChI is InChI=1S/C26H20N4O5S2/c1-2-15-28-23-14-11-20(30(32)33)17-24(23)36-26(28)27-25(31)19-9-12-21(13-10-19)37(34,35)29-16-5-7-18-6-3-4-8-22(18)29/h1,3-4,6,8-14,17H,5,7,15-16H2. The van der Waals surface area contributed by atoms with E-state index in [9.17, 15) is 23.3 Å². The zero-order valence-electron chi connectivity index (χ0n) is 19.4. The summed E-state index contributed by atoms with van der Waals surface area (Å²) < 4.78 is 30.3. The highest BCUT2D eigenvalue weighted by molar-refractivity contribution is 7.92. The highest BCUT2D eigenvalue weighted by atomic mass is 32.2. The van der Waals surface area contributed by atoms with Crippen LogP contribution in [0.1, 0.15) is 22.3 Å². The molecule has 0 spiro atoms. The largest absolute Gasteiger partial charge is 0.305 e. The molecule has 9 nitrogen and oxygen atoms in total. The lowest BCUT2D eigenvalue weighted by Crippen LogP contribution is -2.35. The van der Waals surface area contributed by atoms with Gasteiger partial charge in [-0.3, -0.25) is 19.2 Å². The number of carbonyl (C=O) groups is 1. The molecule has 4 aromatic rings. The van der Waals surface area contributed by atoms with Gasteiger partial charge in [0.25, 0.3) is 21.6 Å². The lowest BCUT2D eigenvalue weighted by Gasteiger charge is -2.30. The van der Waals surface area contributed by atoms with Crippen molar-refractivity contribution in [2.75, 3.05) is 10.8 Å². The zero-order valence-corrected chi connectivity index (χ0v) is 21.0. The van der Waals surface area contributed by atoms with Gasteiger partial charge < -0.3 is 4.57 Å². The maximum absolute atomic E-state index is 13.4. The first-order valence-electron chi connectivity index (χ1n) is 11.3. The minimum atomic E-state index is -3.81. The number of hydrogen-bond donors (Lipinski definition) is 0. The van der Waals surface area contributed by atoms with Crippen molar-refractivity contribution >= 4 is 48.9 Å². The van der Waals surface area contributed by atoms with E-state index in [0.717, 1.165) is 29.7 Å². The van der Waals surface area contributed by atoms with Crippen LogP contribution in [0.15, 0.2) is 76.6 Å². The number of nitro benzene ring substituents is 1. The molecular formula is C26H20N4O5S2. The van der Waals surface area contributed by atoms with Crippen molar-refractivity contribution in [3.8, 4) is 12.3 Å². The van der Waals surface area contributed by atoms with Crippen molar-refractivity contribution in [2.45, 2.75) is 24.3 Å². The number of rotatable bonds is 5. The molecule has 0 bridgehead atoms. The Morgan fingerprint density at radius 3 is 2.62 bits per heavy atom. The fourth-order valence-corrected chi connectivity index (χ4v) is 6.90. The molecule has 37 heavy (non-hydrogen) atoms. The van der Waals surface area contributed by atoms with Crippen LogP contribution in [0.5, 0.6) is 0 Å². The number of carbonyl (C=O) groups excluding carboxylic acids is 1. The van der Waals surface area contributed by atoms with Gasteiger partial charge >= 0.3 is 0 Å². The van der Waals surface area contributed by atoms with Crippen LogP contribution in [0.3, 0.4) is 0 Å². The third kappa shape index (κ3) is 4.52. The number of benzene rings is 3. The summed E-state index contributed by atoms with van der Waals surface area (Å²) in [6, 6.07) is 17.5.